The number of imidazole rings is 3. The zero-order chi connectivity index (χ0) is 91.2. The van der Waals surface area contributed by atoms with E-state index in [4.69, 9.17) is 24.7 Å². The number of sulfonamides is 2. The van der Waals surface area contributed by atoms with E-state index in [-0.39, 0.29) is 124 Å². The SMILES string of the molecule is CC(C)(C)CBr.CCc1c(N)ccc(OC)c1F.CCc1c([N+](=O)[O-])ccc(OC)c1F.CN.COc1ccc([N+](=O)[O-])c(F)c1F.COc1ccc2[nH]c(=O)[n-]c2c1F.COc1ccc2c(c1F)n(C)c(=O)n2CC(C)(C)C.Cn1c(=O)n(CC(C)(C)C)c2ccc(O)c(F)c21.O=S(=O)(N(c1ccccc1)S(=O)(=O)C(F)(F)F)C(F)(F)F.[Y]. The molecule has 10 rings (SSSR count). The van der Waals surface area contributed by atoms with E-state index in [1.807, 2.05) is 48.5 Å². The number of alkyl halides is 7. The number of anilines is 2. The largest absolute Gasteiger partial charge is 0.517 e. The van der Waals surface area contributed by atoms with E-state index < -0.39 is 102 Å². The van der Waals surface area contributed by atoms with Gasteiger partial charge in [-0.05, 0) is 108 Å². The number of phenolic OH excluding ortho intramolecular Hbond substituents is 1. The second kappa shape index (κ2) is 44.9. The number of nitrogens with one attached hydrogen (secondary N) is 1. The summed E-state index contributed by atoms with van der Waals surface area (Å²) in [5, 5.41) is 31.1. The van der Waals surface area contributed by atoms with E-state index in [1.54, 1.807) is 48.9 Å². The van der Waals surface area contributed by atoms with Crippen molar-refractivity contribution >= 4 is 91.8 Å². The summed E-state index contributed by atoms with van der Waals surface area (Å²) in [6.45, 7) is 23.3. The third-order valence-electron chi connectivity index (χ3n) is 15.3. The predicted octanol–water partition coefficient (Wildman–Crippen LogP) is 15.8. The molecule has 45 heteroatoms. The van der Waals surface area contributed by atoms with Crippen LogP contribution in [0.1, 0.15) is 87.3 Å². The maximum Gasteiger partial charge on any atom is 0.517 e. The Morgan fingerprint density at radius 1 is 0.513 bits per heavy atom. The van der Waals surface area contributed by atoms with Gasteiger partial charge in [0.25, 0.3) is 5.69 Å². The van der Waals surface area contributed by atoms with Crippen molar-refractivity contribution in [3.05, 3.63) is 207 Å². The maximum atomic E-state index is 14.3. The average molecular weight is 1890 g/mol. The Balaban J connectivity index is 0.000000687. The van der Waals surface area contributed by atoms with Gasteiger partial charge in [-0.25, -0.2) is 31.5 Å². The molecule has 0 aliphatic carbocycles. The average Bonchev–Trinajstić information content (AvgIpc) is 1.72. The van der Waals surface area contributed by atoms with Gasteiger partial charge >= 0.3 is 48.1 Å². The first-order chi connectivity index (χ1) is 54.4. The number of aromatic amines is 1. The van der Waals surface area contributed by atoms with Gasteiger partial charge in [0.05, 0.1) is 67.7 Å². The molecular formula is C74H90BrF13N11O17S2Y-. The number of halogens is 14. The molecule has 6 N–H and O–H groups in total. The number of nitro benzene ring substituents is 2. The van der Waals surface area contributed by atoms with Crippen LogP contribution in [-0.2, 0) is 92.8 Å². The summed E-state index contributed by atoms with van der Waals surface area (Å²) < 4.78 is 241. The van der Waals surface area contributed by atoms with E-state index in [0.29, 0.717) is 64.9 Å². The fourth-order valence-electron chi connectivity index (χ4n) is 9.83. The minimum atomic E-state index is -6.81. The number of methoxy groups -OCH3 is 5. The first-order valence-electron chi connectivity index (χ1n) is 34.1. The molecule has 0 fully saturated rings. The number of rotatable bonds is 14. The van der Waals surface area contributed by atoms with Gasteiger partial charge in [0, 0.05) is 94.1 Å². The second-order valence-electron chi connectivity index (χ2n) is 27.7. The van der Waals surface area contributed by atoms with Crippen LogP contribution in [0.3, 0.4) is 0 Å². The number of hydrogen-bond acceptors (Lipinski definition) is 19. The Morgan fingerprint density at radius 2 is 0.866 bits per heavy atom. The van der Waals surface area contributed by atoms with Crippen LogP contribution >= 0.6 is 15.9 Å². The van der Waals surface area contributed by atoms with Crippen molar-refractivity contribution in [1.82, 2.24) is 28.2 Å². The number of ether oxygens (including phenoxy) is 5. The van der Waals surface area contributed by atoms with Gasteiger partial charge in [0.2, 0.25) is 11.6 Å². The smallest absolute Gasteiger partial charge is 0.505 e. The summed E-state index contributed by atoms with van der Waals surface area (Å²) in [5.74, 6) is -5.99. The molecule has 119 heavy (non-hydrogen) atoms. The first kappa shape index (κ1) is 107. The van der Waals surface area contributed by atoms with Crippen LogP contribution in [0, 0.1) is 77.2 Å². The zero-order valence-electron chi connectivity index (χ0n) is 67.7. The third kappa shape index (κ3) is 27.8. The number of phenols is 1. The van der Waals surface area contributed by atoms with Crippen LogP contribution < -0.4 is 60.9 Å². The fourth-order valence-corrected chi connectivity index (χ4v) is 12.5. The van der Waals surface area contributed by atoms with Crippen molar-refractivity contribution in [2.45, 2.75) is 113 Å². The molecule has 0 aliphatic heterocycles. The molecule has 28 nitrogen and oxygen atoms in total. The Morgan fingerprint density at radius 3 is 1.25 bits per heavy atom. The summed E-state index contributed by atoms with van der Waals surface area (Å²) in [6.07, 6.45) is 0.841. The molecule has 0 saturated carbocycles. The van der Waals surface area contributed by atoms with E-state index >= 15 is 0 Å². The van der Waals surface area contributed by atoms with Crippen molar-refractivity contribution in [2.24, 2.45) is 36.1 Å². The number of nitro groups is 2. The molecule has 7 aromatic carbocycles. The van der Waals surface area contributed by atoms with Gasteiger partial charge in [0.1, 0.15) is 11.0 Å². The number of nitrogens with two attached hydrogens (primary N) is 2. The molecule has 0 atom stereocenters. The quantitative estimate of drug-likeness (QED) is 0.0258. The summed E-state index contributed by atoms with van der Waals surface area (Å²) >= 11 is 3.37. The van der Waals surface area contributed by atoms with E-state index in [9.17, 15) is 114 Å². The number of nitrogen functional groups attached to an aromatic ring is 1. The van der Waals surface area contributed by atoms with Gasteiger partial charge in [-0.3, -0.25) is 43.3 Å². The molecule has 657 valence electrons. The van der Waals surface area contributed by atoms with Crippen LogP contribution in [-0.4, -0.2) is 114 Å². The molecule has 0 saturated heterocycles. The summed E-state index contributed by atoms with van der Waals surface area (Å²) in [5.41, 5.74) is -2.55. The molecular weight excluding hydrogens is 1790 g/mol. The number of aromatic nitrogens is 6. The minimum Gasteiger partial charge on any atom is -0.505 e. The normalized spacial score (nSPS) is 11.3. The van der Waals surface area contributed by atoms with Crippen LogP contribution in [0.2, 0.25) is 0 Å². The number of H-pyrrole nitrogens is 1. The number of para-hydroxylation sites is 1. The van der Waals surface area contributed by atoms with Crippen molar-refractivity contribution in [3.8, 4) is 34.5 Å². The van der Waals surface area contributed by atoms with E-state index in [1.165, 1.54) is 86.6 Å². The number of aromatic hydroxyl groups is 1. The van der Waals surface area contributed by atoms with Gasteiger partial charge in [-0.2, -0.15) is 52.0 Å². The first-order valence-corrected chi connectivity index (χ1v) is 38.2. The van der Waals surface area contributed by atoms with Crippen molar-refractivity contribution in [3.63, 3.8) is 0 Å². The number of aryl methyl sites for hydroxylation is 2. The summed E-state index contributed by atoms with van der Waals surface area (Å²) in [7, 11) is -2.36. The molecule has 0 bridgehead atoms. The standard InChI is InChI=1S/C14H19FN2O2.C13H17FN2O2.C9H10FNO3.C9H12FNO.C8H5F6NO4S2.C8H7FN2O2.C7H5F2NO3.C5H11Br.CH5N.Y/c1-14(2,3)8-17-9-6-7-10(19-5)11(15)12(9)16(4)13(17)18;1-13(2,3)7-16-8-5-6-9(17)10(14)11(8)15(4)12(16)18;1-3-6-7(11(12)13)4-5-8(14-2)9(6)10;1-3-6-7(11)4-5-8(12-2)9(6)10;9-7(10,11)20(16,17)15(6-4-2-1-3-5-6)21(18,19)8(12,13)14;1-13-5-3-2-4-7(6(5)9)11-8(12)10-4;1-13-5-3-2-4(10(11)12)6(8)7(5)9;1-5(2,3)4-6;1-2;/h6-7H,8H2,1-5H3;5-6,17H,7H2,1-4H3;4-5H,3H2,1-2H3;4-5H,3,11H2,1-2H3;1-5H;2-3H,1H3,(H2,10,11,12);2-3H,1H3;4H2,1-3H3;2H2,1H3;/p-1. The Bertz CT molecular complexity index is 5490. The van der Waals surface area contributed by atoms with Gasteiger partial charge in [-0.1, -0.05) is 116 Å². The molecule has 1 radical (unpaired) electrons. The number of benzene rings is 7. The van der Waals surface area contributed by atoms with Crippen molar-refractivity contribution in [2.75, 3.05) is 57.4 Å². The molecule has 10 aromatic rings. The fraction of sp³-hybridized carbons (Fsp3) is 0.392. The van der Waals surface area contributed by atoms with Crippen LogP contribution in [0.4, 0.5) is 79.8 Å². The van der Waals surface area contributed by atoms with Gasteiger partial charge in [0.15, 0.2) is 69.3 Å². The van der Waals surface area contributed by atoms with Gasteiger partial charge < -0.3 is 50.2 Å². The van der Waals surface area contributed by atoms with E-state index in [2.05, 4.69) is 57.1 Å². The summed E-state index contributed by atoms with van der Waals surface area (Å²) in [6, 6.07) is 20.5. The maximum absolute atomic E-state index is 14.3. The monoisotopic (exact) mass is 1880 g/mol. The Hall–Kier alpha value is -9.92. The third-order valence-corrected chi connectivity index (χ3v) is 20.6. The molecule has 0 aliphatic rings. The molecule has 3 heterocycles. The van der Waals surface area contributed by atoms with Crippen molar-refractivity contribution in [1.29, 1.82) is 0 Å². The minimum absolute atomic E-state index is 0. The molecule has 0 amide bonds. The molecule has 0 spiro atoms. The predicted molar refractivity (Wildman–Crippen MR) is 423 cm³/mol. The topological polar surface area (TPSA) is 377 Å². The molecule has 0 unspecified atom stereocenters. The Labute approximate surface area is 708 Å². The van der Waals surface area contributed by atoms with Gasteiger partial charge in [-0.15, -0.1) is 3.71 Å². The zero-order valence-corrected chi connectivity index (χ0v) is 73.8. The van der Waals surface area contributed by atoms with Crippen LogP contribution in [0.25, 0.3) is 33.1 Å². The van der Waals surface area contributed by atoms with E-state index in [0.717, 1.165) is 42.8 Å². The number of fused-ring (bicyclic) bond motifs is 3. The summed E-state index contributed by atoms with van der Waals surface area (Å²) in [4.78, 5) is 60.0. The van der Waals surface area contributed by atoms with Crippen molar-refractivity contribution < 1.29 is 145 Å². The molecule has 3 aromatic heterocycles. The number of nitrogens with zero attached hydrogens (tertiary/aromatic N) is 8. The number of hydrogen-bond donors (Lipinski definition) is 4. The Kier molecular flexibility index (Phi) is 40.4. The van der Waals surface area contributed by atoms with Crippen LogP contribution in [0.5, 0.6) is 34.5 Å². The second-order valence-corrected chi connectivity index (χ2v) is 32.1. The van der Waals surface area contributed by atoms with Crippen LogP contribution in [0.15, 0.2) is 118 Å².